The molecule has 2 amide bonds. The molecule has 2 saturated heterocycles. The van der Waals surface area contributed by atoms with Crippen molar-refractivity contribution in [1.29, 1.82) is 0 Å². The Kier molecular flexibility index (Phi) is 5.04. The van der Waals surface area contributed by atoms with E-state index in [0.717, 1.165) is 25.9 Å². The highest BCUT2D eigenvalue weighted by Crippen LogP contribution is 2.29. The molecule has 6 nitrogen and oxygen atoms in total. The van der Waals surface area contributed by atoms with Gasteiger partial charge in [0.1, 0.15) is 5.75 Å². The van der Waals surface area contributed by atoms with E-state index < -0.39 is 5.91 Å². The van der Waals surface area contributed by atoms with Gasteiger partial charge in [0.05, 0.1) is 0 Å². The normalized spacial score (nSPS) is 24.3. The molecule has 24 heavy (non-hydrogen) atoms. The molecule has 0 unspecified atom stereocenters. The third kappa shape index (κ3) is 3.53. The Morgan fingerprint density at radius 2 is 1.79 bits per heavy atom. The van der Waals surface area contributed by atoms with Gasteiger partial charge in [-0.3, -0.25) is 9.59 Å². The number of benzene rings is 1. The van der Waals surface area contributed by atoms with Crippen molar-refractivity contribution in [2.45, 2.75) is 37.8 Å². The molecule has 3 rings (SSSR count). The lowest BCUT2D eigenvalue weighted by atomic mass is 10.0. The van der Waals surface area contributed by atoms with Gasteiger partial charge in [0, 0.05) is 24.2 Å². The fourth-order valence-corrected chi connectivity index (χ4v) is 3.87. The molecule has 2 aliphatic rings. The highest BCUT2D eigenvalue weighted by Gasteiger charge is 2.38. The molecule has 1 aromatic carbocycles. The quantitative estimate of drug-likeness (QED) is 0.881. The minimum Gasteiger partial charge on any atom is -0.484 e. The summed E-state index contributed by atoms with van der Waals surface area (Å²) in [6.07, 6.45) is 4.52. The molecule has 2 heterocycles. The van der Waals surface area contributed by atoms with Gasteiger partial charge in [-0.05, 0) is 63.5 Å². The van der Waals surface area contributed by atoms with E-state index >= 15 is 0 Å². The van der Waals surface area contributed by atoms with Crippen molar-refractivity contribution >= 4 is 11.8 Å². The molecular weight excluding hydrogens is 306 g/mol. The van der Waals surface area contributed by atoms with Gasteiger partial charge in [-0.15, -0.1) is 0 Å². The molecule has 6 heteroatoms. The summed E-state index contributed by atoms with van der Waals surface area (Å²) < 4.78 is 5.60. The van der Waals surface area contributed by atoms with Gasteiger partial charge in [-0.1, -0.05) is 0 Å². The minimum absolute atomic E-state index is 0.0306. The van der Waals surface area contributed by atoms with Crippen LogP contribution in [0.1, 0.15) is 36.0 Å². The summed E-state index contributed by atoms with van der Waals surface area (Å²) in [6.45, 7) is 1.96. The van der Waals surface area contributed by atoms with Gasteiger partial charge in [0.15, 0.2) is 6.61 Å². The van der Waals surface area contributed by atoms with E-state index in [1.165, 1.54) is 12.8 Å². The molecule has 0 radical (unpaired) electrons. The van der Waals surface area contributed by atoms with Crippen molar-refractivity contribution in [3.05, 3.63) is 29.8 Å². The SMILES string of the molecule is CN1CCC[C@H]1[C@@H]1CCCN1C(=O)COc1ccc(C(N)=O)cc1. The smallest absolute Gasteiger partial charge is 0.260 e. The van der Waals surface area contributed by atoms with Gasteiger partial charge in [0.2, 0.25) is 5.91 Å². The number of nitrogens with zero attached hydrogens (tertiary/aromatic N) is 2. The van der Waals surface area contributed by atoms with Crippen LogP contribution in [0.2, 0.25) is 0 Å². The average molecular weight is 331 g/mol. The summed E-state index contributed by atoms with van der Waals surface area (Å²) in [5, 5.41) is 0. The van der Waals surface area contributed by atoms with Crippen molar-refractivity contribution in [3.8, 4) is 5.75 Å². The van der Waals surface area contributed by atoms with E-state index in [9.17, 15) is 9.59 Å². The summed E-state index contributed by atoms with van der Waals surface area (Å²) in [4.78, 5) is 28.0. The Hall–Kier alpha value is -2.08. The van der Waals surface area contributed by atoms with Crippen LogP contribution in [0, 0.1) is 0 Å². The lowest BCUT2D eigenvalue weighted by molar-refractivity contribution is -0.135. The number of likely N-dealkylation sites (N-methyl/N-ethyl adjacent to an activating group) is 1. The van der Waals surface area contributed by atoms with Crippen LogP contribution in [-0.2, 0) is 4.79 Å². The van der Waals surface area contributed by atoms with Crippen LogP contribution in [0.5, 0.6) is 5.75 Å². The second-order valence-corrected chi connectivity index (χ2v) is 6.66. The highest BCUT2D eigenvalue weighted by molar-refractivity contribution is 5.92. The van der Waals surface area contributed by atoms with Crippen LogP contribution in [0.4, 0.5) is 0 Å². The standard InChI is InChI=1S/C18H25N3O3/c1-20-10-2-4-15(20)16-5-3-11-21(16)17(22)12-24-14-8-6-13(7-9-14)18(19)23/h6-9,15-16H,2-5,10-12H2,1H3,(H2,19,23)/t15-,16-/m0/s1. The molecular formula is C18H25N3O3. The first-order valence-electron chi connectivity index (χ1n) is 8.58. The summed E-state index contributed by atoms with van der Waals surface area (Å²) >= 11 is 0. The van der Waals surface area contributed by atoms with Crippen LogP contribution < -0.4 is 10.5 Å². The van der Waals surface area contributed by atoms with E-state index in [2.05, 4.69) is 11.9 Å². The van der Waals surface area contributed by atoms with E-state index in [4.69, 9.17) is 10.5 Å². The van der Waals surface area contributed by atoms with Gasteiger partial charge in [-0.25, -0.2) is 0 Å². The fraction of sp³-hybridized carbons (Fsp3) is 0.556. The zero-order chi connectivity index (χ0) is 17.1. The van der Waals surface area contributed by atoms with E-state index in [1.807, 2.05) is 4.90 Å². The molecule has 0 spiro atoms. The molecule has 1 aromatic rings. The van der Waals surface area contributed by atoms with Gasteiger partial charge in [-0.2, -0.15) is 0 Å². The fourth-order valence-electron chi connectivity index (χ4n) is 3.87. The Morgan fingerprint density at radius 1 is 1.12 bits per heavy atom. The van der Waals surface area contributed by atoms with Crippen molar-refractivity contribution in [2.24, 2.45) is 5.73 Å². The third-order valence-corrected chi connectivity index (χ3v) is 5.14. The second-order valence-electron chi connectivity index (χ2n) is 6.66. The Balaban J connectivity index is 1.57. The van der Waals surface area contributed by atoms with Crippen molar-refractivity contribution < 1.29 is 14.3 Å². The molecule has 0 aliphatic carbocycles. The molecule has 2 fully saturated rings. The number of carbonyl (C=O) groups is 2. The molecule has 2 N–H and O–H groups in total. The molecule has 130 valence electrons. The number of amides is 2. The molecule has 0 bridgehead atoms. The minimum atomic E-state index is -0.474. The van der Waals surface area contributed by atoms with E-state index in [0.29, 0.717) is 23.4 Å². The molecule has 2 atom stereocenters. The van der Waals surface area contributed by atoms with Crippen LogP contribution in [0.25, 0.3) is 0 Å². The lowest BCUT2D eigenvalue weighted by Gasteiger charge is -2.33. The number of carbonyl (C=O) groups excluding carboxylic acids is 2. The zero-order valence-corrected chi connectivity index (χ0v) is 14.1. The third-order valence-electron chi connectivity index (χ3n) is 5.14. The van der Waals surface area contributed by atoms with Crippen LogP contribution in [0.15, 0.2) is 24.3 Å². The number of nitrogens with two attached hydrogens (primary N) is 1. The Labute approximate surface area is 142 Å². The van der Waals surface area contributed by atoms with Crippen LogP contribution in [-0.4, -0.2) is 60.4 Å². The molecule has 2 aliphatic heterocycles. The summed E-state index contributed by atoms with van der Waals surface area (Å²) in [5.41, 5.74) is 5.64. The van der Waals surface area contributed by atoms with Crippen LogP contribution >= 0.6 is 0 Å². The number of ether oxygens (including phenoxy) is 1. The van der Waals surface area contributed by atoms with Crippen molar-refractivity contribution in [1.82, 2.24) is 9.80 Å². The van der Waals surface area contributed by atoms with Crippen molar-refractivity contribution in [3.63, 3.8) is 0 Å². The number of rotatable bonds is 5. The van der Waals surface area contributed by atoms with E-state index in [-0.39, 0.29) is 12.5 Å². The zero-order valence-electron chi connectivity index (χ0n) is 14.1. The predicted octanol–water partition coefficient (Wildman–Crippen LogP) is 1.25. The average Bonchev–Trinajstić information content (AvgIpc) is 3.21. The summed E-state index contributed by atoms with van der Waals surface area (Å²) in [7, 11) is 2.15. The maximum Gasteiger partial charge on any atom is 0.260 e. The number of likely N-dealkylation sites (tertiary alicyclic amines) is 2. The first-order chi connectivity index (χ1) is 11.6. The number of hydrogen-bond donors (Lipinski definition) is 1. The lowest BCUT2D eigenvalue weighted by Crippen LogP contribution is -2.48. The monoisotopic (exact) mass is 331 g/mol. The molecule has 0 aromatic heterocycles. The largest absolute Gasteiger partial charge is 0.484 e. The van der Waals surface area contributed by atoms with Gasteiger partial charge in [0.25, 0.3) is 5.91 Å². The van der Waals surface area contributed by atoms with Gasteiger partial charge >= 0.3 is 0 Å². The Bertz CT molecular complexity index is 602. The van der Waals surface area contributed by atoms with Gasteiger partial charge < -0.3 is 20.3 Å². The highest BCUT2D eigenvalue weighted by atomic mass is 16.5. The maximum atomic E-state index is 12.6. The first kappa shape index (κ1) is 16.8. The maximum absolute atomic E-state index is 12.6. The Morgan fingerprint density at radius 3 is 2.42 bits per heavy atom. The van der Waals surface area contributed by atoms with Crippen LogP contribution in [0.3, 0.4) is 0 Å². The topological polar surface area (TPSA) is 75.9 Å². The predicted molar refractivity (Wildman–Crippen MR) is 90.8 cm³/mol. The van der Waals surface area contributed by atoms with Crippen molar-refractivity contribution in [2.75, 3.05) is 26.7 Å². The number of hydrogen-bond acceptors (Lipinski definition) is 4. The summed E-state index contributed by atoms with van der Waals surface area (Å²) in [5.74, 6) is 0.136. The first-order valence-corrected chi connectivity index (χ1v) is 8.58. The van der Waals surface area contributed by atoms with E-state index in [1.54, 1.807) is 24.3 Å². The number of primary amides is 1. The molecule has 0 saturated carbocycles. The second kappa shape index (κ2) is 7.21. The summed E-state index contributed by atoms with van der Waals surface area (Å²) in [6, 6.07) is 7.33.